The summed E-state index contributed by atoms with van der Waals surface area (Å²) in [5, 5.41) is 5.67. The molecule has 1 aromatic heterocycles. The molecule has 1 unspecified atom stereocenters. The van der Waals surface area contributed by atoms with Crippen LogP contribution in [0.4, 0.5) is 10.6 Å². The van der Waals surface area contributed by atoms with E-state index in [1.807, 2.05) is 35.2 Å². The number of likely N-dealkylation sites (tertiary alicyclic amines) is 1. The number of benzene rings is 1. The van der Waals surface area contributed by atoms with Crippen LogP contribution < -0.4 is 16.4 Å². The Morgan fingerprint density at radius 2 is 1.89 bits per heavy atom. The molecule has 1 aliphatic heterocycles. The normalized spacial score (nSPS) is 19.1. The van der Waals surface area contributed by atoms with Gasteiger partial charge in [-0.25, -0.2) is 9.78 Å². The smallest absolute Gasteiger partial charge is 0.413 e. The number of amides is 3. The molecule has 0 radical (unpaired) electrons. The molecule has 1 aliphatic rings. The number of pyridine rings is 1. The molecule has 1 saturated heterocycles. The second-order valence-corrected chi connectivity index (χ2v) is 10.2. The quantitative estimate of drug-likeness (QED) is 0.553. The molecule has 0 spiro atoms. The molecule has 4 N–H and O–H groups in total. The zero-order valence-electron chi connectivity index (χ0n) is 20.4. The molecule has 10 heteroatoms. The number of halogens is 1. The second-order valence-electron chi connectivity index (χ2n) is 9.75. The summed E-state index contributed by atoms with van der Waals surface area (Å²) in [5.74, 6) is -0.432. The van der Waals surface area contributed by atoms with Gasteiger partial charge in [0.2, 0.25) is 11.8 Å². The van der Waals surface area contributed by atoms with Crippen molar-refractivity contribution < 1.29 is 19.1 Å². The van der Waals surface area contributed by atoms with E-state index in [0.29, 0.717) is 30.4 Å². The average Bonchev–Trinajstić information content (AvgIpc) is 3.18. The highest BCUT2D eigenvalue weighted by Crippen LogP contribution is 2.33. The van der Waals surface area contributed by atoms with Crippen LogP contribution in [0, 0.1) is 0 Å². The van der Waals surface area contributed by atoms with E-state index in [9.17, 15) is 14.4 Å². The third-order valence-electron chi connectivity index (χ3n) is 5.55. The fourth-order valence-corrected chi connectivity index (χ4v) is 4.01. The Morgan fingerprint density at radius 3 is 2.46 bits per heavy atom. The van der Waals surface area contributed by atoms with Gasteiger partial charge in [-0.15, -0.1) is 0 Å². The first-order valence-corrected chi connectivity index (χ1v) is 11.8. The van der Waals surface area contributed by atoms with Crippen LogP contribution in [-0.2, 0) is 20.9 Å². The average molecular weight is 502 g/mol. The molecule has 1 fully saturated rings. The molecular formula is C25H32ClN5O4. The van der Waals surface area contributed by atoms with Gasteiger partial charge in [0.25, 0.3) is 0 Å². The van der Waals surface area contributed by atoms with E-state index in [2.05, 4.69) is 15.6 Å². The molecule has 3 rings (SSSR count). The summed E-state index contributed by atoms with van der Waals surface area (Å²) in [7, 11) is 0. The zero-order valence-corrected chi connectivity index (χ0v) is 21.1. The van der Waals surface area contributed by atoms with Crippen LogP contribution in [0.25, 0.3) is 0 Å². The van der Waals surface area contributed by atoms with Gasteiger partial charge in [0, 0.05) is 24.3 Å². The second kappa shape index (κ2) is 11.2. The number of nitrogens with zero attached hydrogens (tertiary/aromatic N) is 2. The summed E-state index contributed by atoms with van der Waals surface area (Å²) in [6.07, 6.45) is 1.61. The van der Waals surface area contributed by atoms with Crippen molar-refractivity contribution in [2.75, 3.05) is 11.9 Å². The van der Waals surface area contributed by atoms with Crippen LogP contribution in [0.3, 0.4) is 0 Å². The Morgan fingerprint density at radius 1 is 1.20 bits per heavy atom. The summed E-state index contributed by atoms with van der Waals surface area (Å²) in [4.78, 5) is 43.3. The number of carbonyl (C=O) groups is 3. The van der Waals surface area contributed by atoms with Crippen molar-refractivity contribution in [3.05, 3.63) is 58.7 Å². The van der Waals surface area contributed by atoms with E-state index in [4.69, 9.17) is 22.1 Å². The highest BCUT2D eigenvalue weighted by atomic mass is 35.5. The fourth-order valence-electron chi connectivity index (χ4n) is 3.88. The number of nitrogens with two attached hydrogens (primary N) is 1. The van der Waals surface area contributed by atoms with Gasteiger partial charge in [0.1, 0.15) is 11.4 Å². The molecule has 188 valence electrons. The first kappa shape index (κ1) is 26.6. The summed E-state index contributed by atoms with van der Waals surface area (Å²) in [6.45, 7) is 7.93. The molecule has 0 saturated carbocycles. The van der Waals surface area contributed by atoms with Crippen LogP contribution in [0.1, 0.15) is 51.2 Å². The van der Waals surface area contributed by atoms with Gasteiger partial charge in [0.05, 0.1) is 12.1 Å². The molecule has 9 nitrogen and oxygen atoms in total. The molecule has 0 bridgehead atoms. The molecule has 35 heavy (non-hydrogen) atoms. The lowest BCUT2D eigenvalue weighted by Crippen LogP contribution is -2.49. The highest BCUT2D eigenvalue weighted by molar-refractivity contribution is 6.30. The minimum absolute atomic E-state index is 0.0921. The lowest BCUT2D eigenvalue weighted by molar-refractivity contribution is -0.133. The van der Waals surface area contributed by atoms with Crippen LogP contribution in [0.15, 0.2) is 42.6 Å². The lowest BCUT2D eigenvalue weighted by atomic mass is 9.96. The first-order valence-electron chi connectivity index (χ1n) is 11.5. The largest absolute Gasteiger partial charge is 0.444 e. The van der Waals surface area contributed by atoms with Crippen molar-refractivity contribution in [3.8, 4) is 0 Å². The summed E-state index contributed by atoms with van der Waals surface area (Å²) < 4.78 is 5.24. The van der Waals surface area contributed by atoms with Gasteiger partial charge >= 0.3 is 6.09 Å². The third-order valence-corrected chi connectivity index (χ3v) is 5.80. The zero-order chi connectivity index (χ0) is 25.8. The number of nitrogens with one attached hydrogen (secondary N) is 2. The standard InChI is InChI=1S/C25H32ClN5O4/c1-15(27)22(32)30-23(33)20-11-18(17-6-8-19(26)9-7-17)14-31(20)13-16-5-10-21(28-12-16)29-24(34)35-25(2,3)4/h5-10,12,15,18,20H,11,13-14,27H2,1-4H3,(H,28,29,34)(H,30,32,33)/t15-,18?,20-/m0/s1. The third kappa shape index (κ3) is 7.74. The number of hydrogen-bond donors (Lipinski definition) is 3. The Labute approximate surface area is 210 Å². The Bertz CT molecular complexity index is 1050. The van der Waals surface area contributed by atoms with Gasteiger partial charge in [-0.3, -0.25) is 25.1 Å². The first-order chi connectivity index (χ1) is 16.4. The van der Waals surface area contributed by atoms with Crippen LogP contribution in [0.5, 0.6) is 0 Å². The van der Waals surface area contributed by atoms with Gasteiger partial charge in [-0.2, -0.15) is 0 Å². The number of carbonyl (C=O) groups excluding carboxylic acids is 3. The fraction of sp³-hybridized carbons (Fsp3) is 0.440. The molecular weight excluding hydrogens is 470 g/mol. The maximum Gasteiger partial charge on any atom is 0.413 e. The van der Waals surface area contributed by atoms with Crippen molar-refractivity contribution in [1.29, 1.82) is 0 Å². The summed E-state index contributed by atoms with van der Waals surface area (Å²) in [6, 6.07) is 9.78. The maximum atomic E-state index is 13.0. The maximum absolute atomic E-state index is 13.0. The SMILES string of the molecule is C[C@H](N)C(=O)NC(=O)[C@@H]1CC(c2ccc(Cl)cc2)CN1Cc1ccc(NC(=O)OC(C)(C)C)nc1. The number of ether oxygens (including phenoxy) is 1. The number of aromatic nitrogens is 1. The summed E-state index contributed by atoms with van der Waals surface area (Å²) >= 11 is 6.03. The molecule has 1 aromatic carbocycles. The molecule has 3 atom stereocenters. The van der Waals surface area contributed by atoms with Crippen LogP contribution >= 0.6 is 11.6 Å². The predicted molar refractivity (Wildman–Crippen MR) is 134 cm³/mol. The number of anilines is 1. The number of imide groups is 1. The van der Waals surface area contributed by atoms with E-state index < -0.39 is 29.7 Å². The molecule has 2 aromatic rings. The number of rotatable bonds is 6. The van der Waals surface area contributed by atoms with Crippen molar-refractivity contribution >= 4 is 35.3 Å². The minimum atomic E-state index is -0.782. The molecule has 2 heterocycles. The monoisotopic (exact) mass is 501 g/mol. The van der Waals surface area contributed by atoms with Crippen molar-refractivity contribution in [1.82, 2.24) is 15.2 Å². The van der Waals surface area contributed by atoms with E-state index in [1.165, 1.54) is 6.92 Å². The van der Waals surface area contributed by atoms with E-state index >= 15 is 0 Å². The highest BCUT2D eigenvalue weighted by Gasteiger charge is 2.38. The van der Waals surface area contributed by atoms with Gasteiger partial charge < -0.3 is 10.5 Å². The van der Waals surface area contributed by atoms with E-state index in [-0.39, 0.29) is 11.8 Å². The Kier molecular flexibility index (Phi) is 8.47. The molecule has 3 amide bonds. The minimum Gasteiger partial charge on any atom is -0.444 e. The van der Waals surface area contributed by atoms with Crippen molar-refractivity contribution in [3.63, 3.8) is 0 Å². The van der Waals surface area contributed by atoms with E-state index in [1.54, 1.807) is 33.0 Å². The van der Waals surface area contributed by atoms with Gasteiger partial charge in [-0.05, 0) is 69.4 Å². The van der Waals surface area contributed by atoms with Crippen LogP contribution in [-0.4, -0.2) is 52.0 Å². The Balaban J connectivity index is 1.72. The van der Waals surface area contributed by atoms with Crippen LogP contribution in [0.2, 0.25) is 5.02 Å². The van der Waals surface area contributed by atoms with E-state index in [0.717, 1.165) is 11.1 Å². The lowest BCUT2D eigenvalue weighted by Gasteiger charge is -2.23. The van der Waals surface area contributed by atoms with Gasteiger partial charge in [-0.1, -0.05) is 29.8 Å². The Hall–Kier alpha value is -3.01. The topological polar surface area (TPSA) is 127 Å². The van der Waals surface area contributed by atoms with Crippen molar-refractivity contribution in [2.24, 2.45) is 5.73 Å². The van der Waals surface area contributed by atoms with Crippen molar-refractivity contribution in [2.45, 2.75) is 64.3 Å². The predicted octanol–water partition coefficient (Wildman–Crippen LogP) is 3.43. The summed E-state index contributed by atoms with van der Waals surface area (Å²) in [5.41, 5.74) is 6.93. The van der Waals surface area contributed by atoms with Gasteiger partial charge in [0.15, 0.2) is 0 Å². The molecule has 0 aliphatic carbocycles. The number of hydrogen-bond acceptors (Lipinski definition) is 7.